The van der Waals surface area contributed by atoms with Crippen molar-refractivity contribution in [1.29, 1.82) is 0 Å². The number of pyridine rings is 1. The van der Waals surface area contributed by atoms with Crippen LogP contribution in [0.3, 0.4) is 0 Å². The van der Waals surface area contributed by atoms with Gasteiger partial charge < -0.3 is 5.73 Å². The van der Waals surface area contributed by atoms with Crippen molar-refractivity contribution in [2.45, 2.75) is 6.92 Å². The van der Waals surface area contributed by atoms with Crippen LogP contribution < -0.4 is 5.73 Å². The van der Waals surface area contributed by atoms with Crippen molar-refractivity contribution in [2.75, 3.05) is 0 Å². The second-order valence-electron chi connectivity index (χ2n) is 5.87. The van der Waals surface area contributed by atoms with E-state index in [9.17, 15) is 4.79 Å². The van der Waals surface area contributed by atoms with E-state index in [2.05, 4.69) is 28.3 Å². The molecular formula is C20H16N4O. The summed E-state index contributed by atoms with van der Waals surface area (Å²) in [5.74, 6) is -0.530. The Bertz CT molecular complexity index is 1090. The lowest BCUT2D eigenvalue weighted by Crippen LogP contribution is -2.12. The van der Waals surface area contributed by atoms with Crippen LogP contribution in [0.5, 0.6) is 0 Å². The first-order chi connectivity index (χ1) is 12.1. The molecule has 0 saturated carbocycles. The topological polar surface area (TPSA) is 73.8 Å². The lowest BCUT2D eigenvalue weighted by Gasteiger charge is -2.09. The normalized spacial score (nSPS) is 10.9. The zero-order valence-electron chi connectivity index (χ0n) is 13.7. The van der Waals surface area contributed by atoms with Gasteiger partial charge in [0.15, 0.2) is 5.69 Å². The average Bonchev–Trinajstić information content (AvgIpc) is 3.03. The number of aryl methyl sites for hydroxylation is 1. The third-order valence-corrected chi connectivity index (χ3v) is 4.19. The van der Waals surface area contributed by atoms with E-state index in [0.717, 1.165) is 33.4 Å². The van der Waals surface area contributed by atoms with E-state index in [1.54, 1.807) is 16.9 Å². The number of aromatic nitrogens is 3. The molecule has 0 spiro atoms. The number of fused-ring (bicyclic) bond motifs is 1. The molecule has 0 unspecified atom stereocenters. The van der Waals surface area contributed by atoms with Crippen molar-refractivity contribution < 1.29 is 4.79 Å². The van der Waals surface area contributed by atoms with Crippen LogP contribution in [-0.4, -0.2) is 20.7 Å². The van der Waals surface area contributed by atoms with Gasteiger partial charge in [-0.25, -0.2) is 4.68 Å². The van der Waals surface area contributed by atoms with Gasteiger partial charge >= 0.3 is 0 Å². The number of hydrogen-bond acceptors (Lipinski definition) is 3. The molecule has 2 aromatic carbocycles. The summed E-state index contributed by atoms with van der Waals surface area (Å²) in [4.78, 5) is 15.8. The Morgan fingerprint density at radius 3 is 2.68 bits per heavy atom. The molecule has 0 aliphatic carbocycles. The van der Waals surface area contributed by atoms with Crippen molar-refractivity contribution in [3.63, 3.8) is 0 Å². The van der Waals surface area contributed by atoms with E-state index >= 15 is 0 Å². The minimum Gasteiger partial charge on any atom is -0.364 e. The molecule has 5 heteroatoms. The van der Waals surface area contributed by atoms with Gasteiger partial charge in [0.2, 0.25) is 0 Å². The van der Waals surface area contributed by atoms with Crippen molar-refractivity contribution in [2.24, 2.45) is 5.73 Å². The number of rotatable bonds is 3. The van der Waals surface area contributed by atoms with Crippen LogP contribution in [0.2, 0.25) is 0 Å². The first-order valence-corrected chi connectivity index (χ1v) is 7.94. The molecule has 0 aliphatic rings. The lowest BCUT2D eigenvalue weighted by molar-refractivity contribution is 0.0995. The summed E-state index contributed by atoms with van der Waals surface area (Å²) in [6.45, 7) is 1.90. The third-order valence-electron chi connectivity index (χ3n) is 4.19. The Morgan fingerprint density at radius 1 is 1.04 bits per heavy atom. The molecule has 0 fully saturated rings. The van der Waals surface area contributed by atoms with Crippen molar-refractivity contribution in [3.05, 3.63) is 78.2 Å². The molecule has 4 aromatic rings. The van der Waals surface area contributed by atoms with E-state index < -0.39 is 5.91 Å². The van der Waals surface area contributed by atoms with Gasteiger partial charge in [-0.15, -0.1) is 0 Å². The van der Waals surface area contributed by atoms with Crippen molar-refractivity contribution in [1.82, 2.24) is 14.8 Å². The van der Waals surface area contributed by atoms with Crippen LogP contribution in [0.4, 0.5) is 0 Å². The maximum Gasteiger partial charge on any atom is 0.269 e. The molecule has 5 nitrogen and oxygen atoms in total. The third kappa shape index (κ3) is 2.65. The molecule has 0 bridgehead atoms. The summed E-state index contributed by atoms with van der Waals surface area (Å²) >= 11 is 0. The molecule has 2 N–H and O–H groups in total. The molecular weight excluding hydrogens is 312 g/mol. The predicted octanol–water partition coefficient (Wildman–Crippen LogP) is 3.49. The van der Waals surface area contributed by atoms with Crippen LogP contribution in [-0.2, 0) is 0 Å². The molecule has 0 saturated heterocycles. The van der Waals surface area contributed by atoms with Crippen LogP contribution in [0.25, 0.3) is 27.7 Å². The van der Waals surface area contributed by atoms with Gasteiger partial charge in [0.1, 0.15) is 0 Å². The number of hydrogen-bond donors (Lipinski definition) is 1. The van der Waals surface area contributed by atoms with Crippen molar-refractivity contribution >= 4 is 16.8 Å². The fraction of sp³-hybridized carbons (Fsp3) is 0.0500. The van der Waals surface area contributed by atoms with E-state index in [4.69, 9.17) is 5.73 Å². The Kier molecular flexibility index (Phi) is 3.54. The number of carbonyl (C=O) groups excluding carboxylic acids is 1. The molecule has 1 amide bonds. The standard InChI is InChI=1S/C20H16N4O/c1-13-11-19(20(21)25)23-24(13)15-6-2-5-14(12-15)16-7-3-9-18-17(16)8-4-10-22-18/h2-12H,1H3,(H2,21,25). The monoisotopic (exact) mass is 328 g/mol. The number of carbonyl (C=O) groups is 1. The Balaban J connectivity index is 1.86. The summed E-state index contributed by atoms with van der Waals surface area (Å²) in [5, 5.41) is 5.40. The second kappa shape index (κ2) is 5.87. The second-order valence-corrected chi connectivity index (χ2v) is 5.87. The Hall–Kier alpha value is -3.47. The fourth-order valence-corrected chi connectivity index (χ4v) is 3.02. The Morgan fingerprint density at radius 2 is 1.88 bits per heavy atom. The maximum absolute atomic E-state index is 11.4. The highest BCUT2D eigenvalue weighted by atomic mass is 16.1. The molecule has 2 aromatic heterocycles. The van der Waals surface area contributed by atoms with Gasteiger partial charge in [-0.1, -0.05) is 30.3 Å². The number of benzene rings is 2. The molecule has 2 heterocycles. The summed E-state index contributed by atoms with van der Waals surface area (Å²) in [6, 6.07) is 19.8. The lowest BCUT2D eigenvalue weighted by atomic mass is 10.0. The summed E-state index contributed by atoms with van der Waals surface area (Å²) < 4.78 is 1.73. The minimum absolute atomic E-state index is 0.261. The molecule has 0 radical (unpaired) electrons. The van der Waals surface area contributed by atoms with E-state index in [1.165, 1.54) is 0 Å². The van der Waals surface area contributed by atoms with Crippen LogP contribution in [0.15, 0.2) is 66.9 Å². The molecule has 122 valence electrons. The molecule has 25 heavy (non-hydrogen) atoms. The van der Waals surface area contributed by atoms with E-state index in [1.807, 2.05) is 43.3 Å². The number of amides is 1. The van der Waals surface area contributed by atoms with Gasteiger partial charge in [-0.3, -0.25) is 9.78 Å². The van der Waals surface area contributed by atoms with Gasteiger partial charge in [-0.2, -0.15) is 5.10 Å². The zero-order chi connectivity index (χ0) is 17.4. The van der Waals surface area contributed by atoms with Crippen LogP contribution >= 0.6 is 0 Å². The summed E-state index contributed by atoms with van der Waals surface area (Å²) in [5.41, 5.74) is 10.4. The first kappa shape index (κ1) is 15.1. The molecule has 0 aliphatic heterocycles. The van der Waals surface area contributed by atoms with E-state index in [0.29, 0.717) is 0 Å². The highest BCUT2D eigenvalue weighted by Crippen LogP contribution is 2.29. The largest absolute Gasteiger partial charge is 0.364 e. The van der Waals surface area contributed by atoms with Gasteiger partial charge in [0, 0.05) is 17.3 Å². The quantitative estimate of drug-likeness (QED) is 0.625. The number of nitrogens with two attached hydrogens (primary N) is 1. The van der Waals surface area contributed by atoms with Gasteiger partial charge in [0.25, 0.3) is 5.91 Å². The fourth-order valence-electron chi connectivity index (χ4n) is 3.02. The summed E-state index contributed by atoms with van der Waals surface area (Å²) in [6.07, 6.45) is 1.79. The van der Waals surface area contributed by atoms with Crippen molar-refractivity contribution in [3.8, 4) is 16.8 Å². The van der Waals surface area contributed by atoms with Gasteiger partial charge in [0.05, 0.1) is 11.2 Å². The highest BCUT2D eigenvalue weighted by Gasteiger charge is 2.11. The predicted molar refractivity (Wildman–Crippen MR) is 97.6 cm³/mol. The highest BCUT2D eigenvalue weighted by molar-refractivity contribution is 5.94. The van der Waals surface area contributed by atoms with E-state index in [-0.39, 0.29) is 5.69 Å². The number of nitrogens with zero attached hydrogens (tertiary/aromatic N) is 3. The SMILES string of the molecule is Cc1cc(C(N)=O)nn1-c1cccc(-c2cccc3ncccc23)c1. The maximum atomic E-state index is 11.4. The summed E-state index contributed by atoms with van der Waals surface area (Å²) in [7, 11) is 0. The molecule has 4 rings (SSSR count). The minimum atomic E-state index is -0.530. The average molecular weight is 328 g/mol. The van der Waals surface area contributed by atoms with Crippen LogP contribution in [0.1, 0.15) is 16.2 Å². The zero-order valence-corrected chi connectivity index (χ0v) is 13.7. The first-order valence-electron chi connectivity index (χ1n) is 7.94. The molecule has 0 atom stereocenters. The smallest absolute Gasteiger partial charge is 0.269 e. The number of primary amides is 1. The van der Waals surface area contributed by atoms with Gasteiger partial charge in [-0.05, 0) is 48.4 Å². The van der Waals surface area contributed by atoms with Crippen LogP contribution in [0, 0.1) is 6.92 Å². The Labute approximate surface area is 144 Å².